The summed E-state index contributed by atoms with van der Waals surface area (Å²) in [5.74, 6) is -3.03. The van der Waals surface area contributed by atoms with Gasteiger partial charge in [0.15, 0.2) is 0 Å². The number of carbonyl (C=O) groups excluding carboxylic acids is 2. The Balaban J connectivity index is 0. The first-order valence-corrected chi connectivity index (χ1v) is 2.29. The van der Waals surface area contributed by atoms with Crippen molar-refractivity contribution in [3.63, 3.8) is 0 Å². The first-order valence-electron chi connectivity index (χ1n) is 2.29. The first-order chi connectivity index (χ1) is 4.04. The van der Waals surface area contributed by atoms with Crippen LogP contribution in [0.25, 0.3) is 0 Å². The van der Waals surface area contributed by atoms with Gasteiger partial charge in [-0.15, -0.1) is 0 Å². The van der Waals surface area contributed by atoms with E-state index in [1.165, 1.54) is 6.92 Å². The topological polar surface area (TPSA) is 71.4 Å². The number of rotatable bonds is 3. The average Bonchev–Trinajstić information content (AvgIpc) is 1.63. The quantitative estimate of drug-likeness (QED) is 0.484. The molecule has 0 aromatic heterocycles. The van der Waals surface area contributed by atoms with Crippen LogP contribution in [0.2, 0.25) is 0 Å². The second kappa shape index (κ2) is 5.46. The van der Waals surface area contributed by atoms with E-state index in [0.29, 0.717) is 0 Å². The maximum atomic E-state index is 10.1. The summed E-state index contributed by atoms with van der Waals surface area (Å²) in [6.07, 6.45) is -0.505. The molecule has 0 fully saturated rings. The van der Waals surface area contributed by atoms with Crippen molar-refractivity contribution in [1.29, 1.82) is 0 Å². The first kappa shape index (κ1) is 12.4. The summed E-state index contributed by atoms with van der Waals surface area (Å²) in [5, 5.41) is 7.93. The molecule has 0 amide bonds. The van der Waals surface area contributed by atoms with Gasteiger partial charge in [-0.1, -0.05) is 0 Å². The zero-order valence-electron chi connectivity index (χ0n) is 4.88. The molecule has 0 bridgehead atoms. The van der Waals surface area contributed by atoms with Gasteiger partial charge in [-0.25, -0.2) is 4.79 Å². The molecule has 0 aromatic rings. The molecule has 0 unspecified atom stereocenters. The van der Waals surface area contributed by atoms with Gasteiger partial charge < -0.3 is 5.11 Å². The Bertz CT molecular complexity index is 163. The number of carboxylic acid groups (broad SMARTS) is 1. The predicted molar refractivity (Wildman–Crippen MR) is 37.9 cm³/mol. The fraction of sp³-hybridized carbons (Fsp3) is 0.400. The molecule has 4 nitrogen and oxygen atoms in total. The Morgan fingerprint density at radius 1 is 1.30 bits per heavy atom. The Hall–Kier alpha value is -0.320. The Morgan fingerprint density at radius 3 is 1.80 bits per heavy atom. The second-order valence-corrected chi connectivity index (χ2v) is 1.61. The summed E-state index contributed by atoms with van der Waals surface area (Å²) in [6, 6.07) is 0. The summed E-state index contributed by atoms with van der Waals surface area (Å²) in [7, 11) is 0. The van der Waals surface area contributed by atoms with E-state index in [1.54, 1.807) is 0 Å². The van der Waals surface area contributed by atoms with E-state index in [4.69, 9.17) is 5.11 Å². The van der Waals surface area contributed by atoms with Crippen LogP contribution in [-0.4, -0.2) is 48.5 Å². The fourth-order valence-corrected chi connectivity index (χ4v) is 0.302. The van der Waals surface area contributed by atoms with Crippen LogP contribution in [0.15, 0.2) is 0 Å². The number of carboxylic acids is 1. The number of aliphatic carboxylic acids is 1. The minimum absolute atomic E-state index is 0. The Kier molecular flexibility index (Phi) is 6.76. The molecule has 0 aliphatic rings. The minimum atomic E-state index is -1.55. The summed E-state index contributed by atoms with van der Waals surface area (Å²) in [4.78, 5) is 29.9. The van der Waals surface area contributed by atoms with E-state index in [1.807, 2.05) is 0 Å². The molecule has 0 spiro atoms. The van der Waals surface area contributed by atoms with Crippen molar-refractivity contribution in [3.05, 3.63) is 0 Å². The van der Waals surface area contributed by atoms with Crippen LogP contribution >= 0.6 is 0 Å². The molecule has 1 N–H and O–H groups in total. The monoisotopic (exact) mass is 248 g/mol. The van der Waals surface area contributed by atoms with Gasteiger partial charge in [-0.2, -0.15) is 0 Å². The summed E-state index contributed by atoms with van der Waals surface area (Å²) < 4.78 is 0. The van der Waals surface area contributed by atoms with Gasteiger partial charge in [-0.05, 0) is 6.92 Å². The molecule has 0 aromatic carbocycles. The van der Waals surface area contributed by atoms with E-state index in [0.717, 1.165) is 0 Å². The van der Waals surface area contributed by atoms with Crippen LogP contribution in [-0.2, 0) is 14.4 Å². The van der Waals surface area contributed by atoms with Crippen molar-refractivity contribution in [1.82, 2.24) is 0 Å². The standard InChI is InChI=1S/C5H6O4.In.3H/c1-3(6)2-4(7)5(8)9;;;;/h2H2,1H3,(H,8,9);;;;. The van der Waals surface area contributed by atoms with Crippen LogP contribution < -0.4 is 0 Å². The van der Waals surface area contributed by atoms with E-state index >= 15 is 0 Å². The fourth-order valence-electron chi connectivity index (χ4n) is 0.302. The van der Waals surface area contributed by atoms with Crippen LogP contribution in [0.1, 0.15) is 13.3 Å². The molecule has 0 aliphatic heterocycles. The number of Topliss-reactive ketones (excluding diaryl/α,β-unsaturated/α-hetero) is 2. The zero-order chi connectivity index (χ0) is 7.44. The Labute approximate surface area is 76.4 Å². The average molecular weight is 248 g/mol. The molecule has 0 saturated carbocycles. The third-order valence-electron chi connectivity index (χ3n) is 0.648. The molecule has 0 aliphatic carbocycles. The SMILES string of the molecule is CC(=O)CC(=O)C(=O)O.[InH3]. The third kappa shape index (κ3) is 5.81. The van der Waals surface area contributed by atoms with Gasteiger partial charge in [0, 0.05) is 0 Å². The van der Waals surface area contributed by atoms with Gasteiger partial charge in [0.1, 0.15) is 5.78 Å². The number of ketones is 2. The van der Waals surface area contributed by atoms with Crippen LogP contribution in [0, 0.1) is 0 Å². The molecule has 56 valence electrons. The molecule has 0 atom stereocenters. The van der Waals surface area contributed by atoms with Gasteiger partial charge >= 0.3 is 31.8 Å². The second-order valence-electron chi connectivity index (χ2n) is 1.61. The zero-order valence-corrected chi connectivity index (χ0v) is 4.88. The molecule has 0 saturated heterocycles. The normalized spacial score (nSPS) is 7.70. The van der Waals surface area contributed by atoms with Gasteiger partial charge in [-0.3, -0.25) is 9.59 Å². The molecule has 10 heavy (non-hydrogen) atoms. The predicted octanol–water partition coefficient (Wildman–Crippen LogP) is -1.56. The van der Waals surface area contributed by atoms with Crippen LogP contribution in [0.4, 0.5) is 0 Å². The molecular weight excluding hydrogens is 239 g/mol. The van der Waals surface area contributed by atoms with Gasteiger partial charge in [0.05, 0.1) is 6.42 Å². The number of hydrogen-bond donors (Lipinski definition) is 1. The Morgan fingerprint density at radius 2 is 1.70 bits per heavy atom. The molecule has 5 heteroatoms. The third-order valence-corrected chi connectivity index (χ3v) is 0.648. The van der Waals surface area contributed by atoms with E-state index in [9.17, 15) is 14.4 Å². The van der Waals surface area contributed by atoms with Crippen molar-refractivity contribution >= 4 is 43.4 Å². The van der Waals surface area contributed by atoms with Crippen molar-refractivity contribution in [3.8, 4) is 0 Å². The summed E-state index contributed by atoms with van der Waals surface area (Å²) in [6.45, 7) is 1.17. The van der Waals surface area contributed by atoms with Gasteiger partial charge in [0.25, 0.3) is 0 Å². The van der Waals surface area contributed by atoms with Crippen molar-refractivity contribution in [2.24, 2.45) is 0 Å². The van der Waals surface area contributed by atoms with Crippen molar-refractivity contribution in [2.45, 2.75) is 13.3 Å². The molecular formula is C5H9InO4. The van der Waals surface area contributed by atoms with Gasteiger partial charge in [0.2, 0.25) is 5.78 Å². The molecule has 0 radical (unpaired) electrons. The number of carbonyl (C=O) groups is 3. The van der Waals surface area contributed by atoms with E-state index < -0.39 is 24.0 Å². The van der Waals surface area contributed by atoms with E-state index in [-0.39, 0.29) is 25.8 Å². The summed E-state index contributed by atoms with van der Waals surface area (Å²) in [5.41, 5.74) is 0. The van der Waals surface area contributed by atoms with Crippen molar-refractivity contribution < 1.29 is 19.5 Å². The number of hydrogen-bond acceptors (Lipinski definition) is 3. The summed E-state index contributed by atoms with van der Waals surface area (Å²) >= 11 is 0. The molecule has 0 heterocycles. The molecule has 0 rings (SSSR count). The van der Waals surface area contributed by atoms with Crippen molar-refractivity contribution in [2.75, 3.05) is 0 Å². The van der Waals surface area contributed by atoms with Crippen LogP contribution in [0.3, 0.4) is 0 Å². The van der Waals surface area contributed by atoms with E-state index in [2.05, 4.69) is 0 Å². The van der Waals surface area contributed by atoms with Crippen LogP contribution in [0.5, 0.6) is 0 Å². The maximum absolute atomic E-state index is 10.1.